The van der Waals surface area contributed by atoms with E-state index in [-0.39, 0.29) is 6.54 Å². The molecule has 1 unspecified atom stereocenters. The summed E-state index contributed by atoms with van der Waals surface area (Å²) in [5.41, 5.74) is 8.13. The molecular weight excluding hydrogens is 316 g/mol. The second kappa shape index (κ2) is 7.52. The Morgan fingerprint density at radius 3 is 3.12 bits per heavy atom. The molecule has 3 rings (SSSR count). The van der Waals surface area contributed by atoms with Crippen molar-refractivity contribution in [2.45, 2.75) is 31.4 Å². The van der Waals surface area contributed by atoms with Crippen LogP contribution in [-0.2, 0) is 28.9 Å². The summed E-state index contributed by atoms with van der Waals surface area (Å²) in [5, 5.41) is 12.9. The predicted octanol–water partition coefficient (Wildman–Crippen LogP) is 0.591. The average molecular weight is 342 g/mol. The van der Waals surface area contributed by atoms with Gasteiger partial charge in [0.2, 0.25) is 0 Å². The Kier molecular flexibility index (Phi) is 5.38. The van der Waals surface area contributed by atoms with E-state index in [9.17, 15) is 10.1 Å². The summed E-state index contributed by atoms with van der Waals surface area (Å²) in [7, 11) is 2.12. The van der Waals surface area contributed by atoms with E-state index in [0.29, 0.717) is 13.0 Å². The van der Waals surface area contributed by atoms with Crippen LogP contribution in [0.1, 0.15) is 23.1 Å². The largest absolute Gasteiger partial charge is 0.367 e. The van der Waals surface area contributed by atoms with Crippen molar-refractivity contribution in [3.05, 3.63) is 34.9 Å². The normalized spacial score (nSPS) is 25.4. The van der Waals surface area contributed by atoms with Crippen molar-refractivity contribution in [3.8, 4) is 6.07 Å². The van der Waals surface area contributed by atoms with Crippen molar-refractivity contribution >= 4 is 5.91 Å². The highest BCUT2D eigenvalue weighted by Crippen LogP contribution is 2.28. The highest BCUT2D eigenvalue weighted by Gasteiger charge is 2.46. The van der Waals surface area contributed by atoms with Crippen LogP contribution in [0.15, 0.2) is 18.2 Å². The van der Waals surface area contributed by atoms with Crippen molar-refractivity contribution in [3.63, 3.8) is 0 Å². The topological polar surface area (TPSA) is 91.4 Å². The molecule has 0 bridgehead atoms. The lowest BCUT2D eigenvalue weighted by molar-refractivity contribution is -0.147. The first-order valence-electron chi connectivity index (χ1n) is 8.88. The van der Waals surface area contributed by atoms with E-state index < -0.39 is 17.4 Å². The van der Waals surface area contributed by atoms with E-state index in [2.05, 4.69) is 41.5 Å². The smallest absolute Gasteiger partial charge is 0.252 e. The maximum absolute atomic E-state index is 12.2. The Morgan fingerprint density at radius 1 is 1.52 bits per heavy atom. The first kappa shape index (κ1) is 17.9. The lowest BCUT2D eigenvalue weighted by atomic mass is 9.82. The molecule has 0 aromatic heterocycles. The SMILES string of the molecule is CN1CCc2cc(C[C@@H](C#N)C3(C(N)=O)CNCCCO3)ccc2C1. The summed E-state index contributed by atoms with van der Waals surface area (Å²) in [6, 6.07) is 8.65. The van der Waals surface area contributed by atoms with E-state index in [4.69, 9.17) is 10.5 Å². The molecule has 1 aromatic carbocycles. The molecule has 2 aliphatic rings. The third-order valence-electron chi connectivity index (χ3n) is 5.29. The number of amides is 1. The fraction of sp³-hybridized carbons (Fsp3) is 0.579. The number of benzene rings is 1. The number of nitrogens with one attached hydrogen (secondary N) is 1. The number of ether oxygens (including phenoxy) is 1. The maximum Gasteiger partial charge on any atom is 0.252 e. The third-order valence-corrected chi connectivity index (χ3v) is 5.29. The first-order chi connectivity index (χ1) is 12.0. The molecule has 0 aliphatic carbocycles. The standard InChI is InChI=1S/C19H26N4O2/c1-23-7-5-15-9-14(3-4-16(15)12-23)10-17(11-20)19(18(21)24)13-22-6-2-8-25-19/h3-4,9,17,22H,2,5-8,10,12-13H2,1H3,(H2,21,24)/t17-,19?/m0/s1. The van der Waals surface area contributed by atoms with Gasteiger partial charge in [-0.1, -0.05) is 18.2 Å². The van der Waals surface area contributed by atoms with Crippen LogP contribution >= 0.6 is 0 Å². The van der Waals surface area contributed by atoms with Gasteiger partial charge in [0.15, 0.2) is 5.60 Å². The monoisotopic (exact) mass is 342 g/mol. The molecule has 1 saturated heterocycles. The minimum absolute atomic E-state index is 0.288. The lowest BCUT2D eigenvalue weighted by Crippen LogP contribution is -2.57. The number of carbonyl (C=O) groups is 1. The van der Waals surface area contributed by atoms with Crippen LogP contribution in [-0.4, -0.2) is 49.7 Å². The molecule has 6 nitrogen and oxygen atoms in total. The minimum atomic E-state index is -1.26. The van der Waals surface area contributed by atoms with Crippen LogP contribution in [0, 0.1) is 17.2 Å². The van der Waals surface area contributed by atoms with E-state index in [0.717, 1.165) is 38.0 Å². The van der Waals surface area contributed by atoms with E-state index in [1.165, 1.54) is 11.1 Å². The van der Waals surface area contributed by atoms with Crippen molar-refractivity contribution in [2.75, 3.05) is 33.3 Å². The second-order valence-electron chi connectivity index (χ2n) is 7.11. The number of hydrogen-bond donors (Lipinski definition) is 2. The average Bonchev–Trinajstić information content (AvgIpc) is 2.86. The van der Waals surface area contributed by atoms with Gasteiger partial charge in [0, 0.05) is 26.2 Å². The number of hydrogen-bond acceptors (Lipinski definition) is 5. The van der Waals surface area contributed by atoms with Crippen LogP contribution < -0.4 is 11.1 Å². The molecule has 1 amide bonds. The number of primary amides is 1. The molecule has 1 fully saturated rings. The molecule has 1 aromatic rings. The molecule has 2 atom stereocenters. The number of rotatable bonds is 4. The Hall–Kier alpha value is -1.94. The summed E-state index contributed by atoms with van der Waals surface area (Å²) in [4.78, 5) is 14.5. The summed E-state index contributed by atoms with van der Waals surface area (Å²) in [6.45, 7) is 3.48. The van der Waals surface area contributed by atoms with Crippen molar-refractivity contribution in [1.82, 2.24) is 10.2 Å². The fourth-order valence-electron chi connectivity index (χ4n) is 3.76. The van der Waals surface area contributed by atoms with Gasteiger partial charge >= 0.3 is 0 Å². The van der Waals surface area contributed by atoms with Gasteiger partial charge in [-0.3, -0.25) is 4.79 Å². The Labute approximate surface area is 148 Å². The lowest BCUT2D eigenvalue weighted by Gasteiger charge is -2.33. The first-order valence-corrected chi connectivity index (χ1v) is 8.88. The van der Waals surface area contributed by atoms with Crippen LogP contribution in [0.3, 0.4) is 0 Å². The molecular formula is C19H26N4O2. The van der Waals surface area contributed by atoms with Crippen molar-refractivity contribution in [2.24, 2.45) is 11.7 Å². The van der Waals surface area contributed by atoms with Gasteiger partial charge in [-0.2, -0.15) is 5.26 Å². The second-order valence-corrected chi connectivity index (χ2v) is 7.11. The number of likely N-dealkylation sites (N-methyl/N-ethyl adjacent to an activating group) is 1. The van der Waals surface area contributed by atoms with Gasteiger partial charge < -0.3 is 20.7 Å². The van der Waals surface area contributed by atoms with Gasteiger partial charge in [-0.15, -0.1) is 0 Å². The van der Waals surface area contributed by atoms with Crippen LogP contribution in [0.5, 0.6) is 0 Å². The number of fused-ring (bicyclic) bond motifs is 1. The molecule has 6 heteroatoms. The molecule has 2 heterocycles. The van der Waals surface area contributed by atoms with Gasteiger partial charge in [0.1, 0.15) is 0 Å². The molecule has 0 spiro atoms. The fourth-order valence-corrected chi connectivity index (χ4v) is 3.76. The number of nitrogens with two attached hydrogens (primary N) is 1. The summed E-state index contributed by atoms with van der Waals surface area (Å²) < 4.78 is 5.84. The van der Waals surface area contributed by atoms with Gasteiger partial charge in [0.05, 0.1) is 12.0 Å². The zero-order chi connectivity index (χ0) is 17.9. The van der Waals surface area contributed by atoms with Gasteiger partial charge in [-0.25, -0.2) is 0 Å². The van der Waals surface area contributed by atoms with E-state index >= 15 is 0 Å². The summed E-state index contributed by atoms with van der Waals surface area (Å²) in [6.07, 6.45) is 2.28. The number of nitrogens with zero attached hydrogens (tertiary/aromatic N) is 2. The summed E-state index contributed by atoms with van der Waals surface area (Å²) >= 11 is 0. The number of carbonyl (C=O) groups excluding carboxylic acids is 1. The highest BCUT2D eigenvalue weighted by molar-refractivity contribution is 5.85. The van der Waals surface area contributed by atoms with E-state index in [1.807, 2.05) is 0 Å². The maximum atomic E-state index is 12.2. The van der Waals surface area contributed by atoms with Gasteiger partial charge in [-0.05, 0) is 49.5 Å². The van der Waals surface area contributed by atoms with Gasteiger partial charge in [0.25, 0.3) is 5.91 Å². The molecule has 0 saturated carbocycles. The molecule has 2 aliphatic heterocycles. The predicted molar refractivity (Wildman–Crippen MR) is 94.7 cm³/mol. The van der Waals surface area contributed by atoms with Crippen molar-refractivity contribution in [1.29, 1.82) is 5.26 Å². The summed E-state index contributed by atoms with van der Waals surface area (Å²) in [5.74, 6) is -1.17. The molecule has 0 radical (unpaired) electrons. The Bertz CT molecular complexity index is 674. The molecule has 3 N–H and O–H groups in total. The minimum Gasteiger partial charge on any atom is -0.367 e. The van der Waals surface area contributed by atoms with Crippen LogP contribution in [0.25, 0.3) is 0 Å². The zero-order valence-corrected chi connectivity index (χ0v) is 14.8. The van der Waals surface area contributed by atoms with Crippen molar-refractivity contribution < 1.29 is 9.53 Å². The Balaban J connectivity index is 1.84. The molecule has 25 heavy (non-hydrogen) atoms. The number of nitriles is 1. The zero-order valence-electron chi connectivity index (χ0n) is 14.8. The molecule has 134 valence electrons. The Morgan fingerprint density at radius 2 is 2.36 bits per heavy atom. The highest BCUT2D eigenvalue weighted by atomic mass is 16.5. The van der Waals surface area contributed by atoms with Crippen LogP contribution in [0.4, 0.5) is 0 Å². The quantitative estimate of drug-likeness (QED) is 0.836. The van der Waals surface area contributed by atoms with Crippen LogP contribution in [0.2, 0.25) is 0 Å². The third kappa shape index (κ3) is 3.69. The van der Waals surface area contributed by atoms with E-state index in [1.54, 1.807) is 0 Å².